The summed E-state index contributed by atoms with van der Waals surface area (Å²) in [4.78, 5) is 0. The molecule has 0 bridgehead atoms. The summed E-state index contributed by atoms with van der Waals surface area (Å²) < 4.78 is 1.85. The predicted molar refractivity (Wildman–Crippen MR) is 89.0 cm³/mol. The molecule has 0 unspecified atom stereocenters. The summed E-state index contributed by atoms with van der Waals surface area (Å²) in [5.41, 5.74) is 3.48. The number of benzene rings is 2. The predicted octanol–water partition coefficient (Wildman–Crippen LogP) is 3.91. The Kier molecular flexibility index (Phi) is 4.20. The van der Waals surface area contributed by atoms with Gasteiger partial charge in [-0.2, -0.15) is 5.26 Å². The van der Waals surface area contributed by atoms with E-state index in [4.69, 9.17) is 0 Å². The fraction of sp³-hybridized carbons (Fsp3) is 0.211. The molecule has 0 aliphatic rings. The number of hydrogen-bond donors (Lipinski definition) is 0. The number of rotatable bonds is 4. The van der Waals surface area contributed by atoms with Crippen LogP contribution in [0.1, 0.15) is 48.3 Å². The molecule has 0 aliphatic carbocycles. The third-order valence-corrected chi connectivity index (χ3v) is 3.86. The van der Waals surface area contributed by atoms with Crippen LogP contribution in [0.15, 0.2) is 60.7 Å². The summed E-state index contributed by atoms with van der Waals surface area (Å²) in [6.07, 6.45) is 0. The van der Waals surface area contributed by atoms with Gasteiger partial charge in [-0.05, 0) is 25.0 Å². The van der Waals surface area contributed by atoms with E-state index >= 15 is 0 Å². The Morgan fingerprint density at radius 2 is 1.43 bits per heavy atom. The Morgan fingerprint density at radius 3 is 1.87 bits per heavy atom. The minimum atomic E-state index is -0.0653. The molecule has 0 saturated carbocycles. The molecule has 114 valence electrons. The molecule has 3 rings (SSSR count). The molecule has 0 aliphatic heterocycles. The summed E-state index contributed by atoms with van der Waals surface area (Å²) >= 11 is 0. The zero-order valence-corrected chi connectivity index (χ0v) is 13.2. The van der Waals surface area contributed by atoms with Gasteiger partial charge in [-0.1, -0.05) is 65.9 Å². The molecule has 4 nitrogen and oxygen atoms in total. The van der Waals surface area contributed by atoms with E-state index in [1.165, 1.54) is 0 Å². The smallest absolute Gasteiger partial charge is 0.186 e. The molecule has 1 heterocycles. The van der Waals surface area contributed by atoms with Gasteiger partial charge in [-0.3, -0.25) is 0 Å². The summed E-state index contributed by atoms with van der Waals surface area (Å²) in [6.45, 7) is 4.10. The molecule has 3 aromatic rings. The van der Waals surface area contributed by atoms with Crippen molar-refractivity contribution in [2.45, 2.75) is 25.8 Å². The maximum absolute atomic E-state index is 9.49. The van der Waals surface area contributed by atoms with Crippen LogP contribution in [0.5, 0.6) is 0 Å². The summed E-state index contributed by atoms with van der Waals surface area (Å²) in [5, 5.41) is 17.8. The maximum atomic E-state index is 9.49. The highest BCUT2D eigenvalue weighted by molar-refractivity contribution is 5.44. The maximum Gasteiger partial charge on any atom is 0.186 e. The van der Waals surface area contributed by atoms with Gasteiger partial charge in [-0.15, -0.1) is 5.10 Å². The lowest BCUT2D eigenvalue weighted by atomic mass is 9.87. The van der Waals surface area contributed by atoms with Crippen LogP contribution in [0.25, 0.3) is 0 Å². The summed E-state index contributed by atoms with van der Waals surface area (Å²) in [6, 6.07) is 22.7. The Morgan fingerprint density at radius 1 is 0.913 bits per heavy atom. The SMILES string of the molecule is CC(C)n1nnc(C#N)c1C(c1ccccc1)c1ccccc1. The minimum Gasteiger partial charge on any atom is -0.245 e. The Labute approximate surface area is 136 Å². The second kappa shape index (κ2) is 6.45. The van der Waals surface area contributed by atoms with Crippen LogP contribution in [-0.4, -0.2) is 15.0 Å². The number of aromatic nitrogens is 3. The van der Waals surface area contributed by atoms with Gasteiger partial charge in [0.05, 0.1) is 11.6 Å². The monoisotopic (exact) mass is 302 g/mol. The molecule has 1 aromatic heterocycles. The average Bonchev–Trinajstić information content (AvgIpc) is 3.01. The lowest BCUT2D eigenvalue weighted by Gasteiger charge is -2.21. The van der Waals surface area contributed by atoms with Crippen molar-refractivity contribution in [2.75, 3.05) is 0 Å². The third kappa shape index (κ3) is 2.86. The normalized spacial score (nSPS) is 10.9. The first kappa shape index (κ1) is 15.0. The van der Waals surface area contributed by atoms with Crippen molar-refractivity contribution in [3.8, 4) is 6.07 Å². The molecule has 0 saturated heterocycles. The van der Waals surface area contributed by atoms with E-state index in [0.717, 1.165) is 16.8 Å². The van der Waals surface area contributed by atoms with Gasteiger partial charge in [0.15, 0.2) is 5.69 Å². The van der Waals surface area contributed by atoms with Crippen LogP contribution in [-0.2, 0) is 0 Å². The van der Waals surface area contributed by atoms with Crippen LogP contribution in [0, 0.1) is 11.3 Å². The van der Waals surface area contributed by atoms with Gasteiger partial charge >= 0.3 is 0 Å². The van der Waals surface area contributed by atoms with E-state index in [1.807, 2.05) is 54.9 Å². The van der Waals surface area contributed by atoms with E-state index in [9.17, 15) is 5.26 Å². The fourth-order valence-corrected chi connectivity index (χ4v) is 2.83. The molecule has 0 fully saturated rings. The molecule has 0 spiro atoms. The van der Waals surface area contributed by atoms with Crippen molar-refractivity contribution in [3.63, 3.8) is 0 Å². The van der Waals surface area contributed by atoms with Gasteiger partial charge in [0, 0.05) is 6.04 Å². The summed E-state index contributed by atoms with van der Waals surface area (Å²) in [7, 11) is 0. The van der Waals surface area contributed by atoms with Crippen LogP contribution in [0.3, 0.4) is 0 Å². The molecule has 0 radical (unpaired) electrons. The topological polar surface area (TPSA) is 54.5 Å². The van der Waals surface area contributed by atoms with Crippen LogP contribution in [0.2, 0.25) is 0 Å². The van der Waals surface area contributed by atoms with Crippen LogP contribution in [0.4, 0.5) is 0 Å². The molecule has 2 aromatic carbocycles. The highest BCUT2D eigenvalue weighted by atomic mass is 15.4. The van der Waals surface area contributed by atoms with Crippen molar-refractivity contribution >= 4 is 0 Å². The zero-order chi connectivity index (χ0) is 16.2. The van der Waals surface area contributed by atoms with Gasteiger partial charge < -0.3 is 0 Å². The van der Waals surface area contributed by atoms with E-state index < -0.39 is 0 Å². The first-order valence-corrected chi connectivity index (χ1v) is 7.67. The van der Waals surface area contributed by atoms with Crippen LogP contribution >= 0.6 is 0 Å². The fourth-order valence-electron chi connectivity index (χ4n) is 2.83. The third-order valence-electron chi connectivity index (χ3n) is 3.86. The van der Waals surface area contributed by atoms with E-state index in [2.05, 4.69) is 40.6 Å². The van der Waals surface area contributed by atoms with Crippen molar-refractivity contribution in [1.29, 1.82) is 5.26 Å². The highest BCUT2D eigenvalue weighted by Gasteiger charge is 2.26. The molecule has 23 heavy (non-hydrogen) atoms. The first-order chi connectivity index (χ1) is 11.2. The van der Waals surface area contributed by atoms with Gasteiger partial charge in [0.1, 0.15) is 6.07 Å². The number of nitrogens with zero attached hydrogens (tertiary/aromatic N) is 4. The quantitative estimate of drug-likeness (QED) is 0.734. The Balaban J connectivity index is 2.26. The minimum absolute atomic E-state index is 0.0653. The lowest BCUT2D eigenvalue weighted by molar-refractivity contribution is 0.491. The Bertz CT molecular complexity index is 774. The average molecular weight is 302 g/mol. The standard InChI is InChI=1S/C19H18N4/c1-14(2)23-19(17(13-20)21-22-23)18(15-9-5-3-6-10-15)16-11-7-4-8-12-16/h3-12,14,18H,1-2H3. The molecule has 0 amide bonds. The van der Waals surface area contributed by atoms with E-state index in [-0.39, 0.29) is 12.0 Å². The zero-order valence-electron chi connectivity index (χ0n) is 13.2. The summed E-state index contributed by atoms with van der Waals surface area (Å²) in [5.74, 6) is -0.0653. The number of nitriles is 1. The van der Waals surface area contributed by atoms with E-state index in [1.54, 1.807) is 0 Å². The highest BCUT2D eigenvalue weighted by Crippen LogP contribution is 2.34. The van der Waals surface area contributed by atoms with Gasteiger partial charge in [0.2, 0.25) is 0 Å². The molecular weight excluding hydrogens is 284 g/mol. The van der Waals surface area contributed by atoms with Crippen molar-refractivity contribution in [3.05, 3.63) is 83.2 Å². The van der Waals surface area contributed by atoms with Gasteiger partial charge in [0.25, 0.3) is 0 Å². The lowest BCUT2D eigenvalue weighted by Crippen LogP contribution is -2.14. The van der Waals surface area contributed by atoms with Crippen molar-refractivity contribution in [1.82, 2.24) is 15.0 Å². The second-order valence-electron chi connectivity index (χ2n) is 5.73. The first-order valence-electron chi connectivity index (χ1n) is 7.67. The van der Waals surface area contributed by atoms with Crippen molar-refractivity contribution < 1.29 is 0 Å². The second-order valence-corrected chi connectivity index (χ2v) is 5.73. The molecular formula is C19H18N4. The molecule has 4 heteroatoms. The molecule has 0 atom stereocenters. The van der Waals surface area contributed by atoms with Crippen molar-refractivity contribution in [2.24, 2.45) is 0 Å². The number of hydrogen-bond acceptors (Lipinski definition) is 3. The van der Waals surface area contributed by atoms with Crippen LogP contribution < -0.4 is 0 Å². The molecule has 0 N–H and O–H groups in total. The van der Waals surface area contributed by atoms with E-state index in [0.29, 0.717) is 5.69 Å². The largest absolute Gasteiger partial charge is 0.245 e. The Hall–Kier alpha value is -2.93. The van der Waals surface area contributed by atoms with Gasteiger partial charge in [-0.25, -0.2) is 4.68 Å².